The Kier molecular flexibility index (Phi) is 3.92. The largest absolute Gasteiger partial charge is 0.480 e. The van der Waals surface area contributed by atoms with Crippen LogP contribution in [0.25, 0.3) is 0 Å². The van der Waals surface area contributed by atoms with Gasteiger partial charge in [-0.15, -0.1) is 0 Å². The number of aliphatic carboxylic acids is 1. The SMILES string of the molecule is CC1CCC(Nc2cccc(C(N)=O)n2)(C(=O)O)CC1. The Morgan fingerprint density at radius 2 is 2.05 bits per heavy atom. The molecule has 0 atom stereocenters. The van der Waals surface area contributed by atoms with Gasteiger partial charge in [0.05, 0.1) is 0 Å². The summed E-state index contributed by atoms with van der Waals surface area (Å²) in [5.74, 6) is -0.599. The van der Waals surface area contributed by atoms with E-state index in [1.165, 1.54) is 6.07 Å². The lowest BCUT2D eigenvalue weighted by molar-refractivity contribution is -0.143. The van der Waals surface area contributed by atoms with Gasteiger partial charge in [0.1, 0.15) is 17.1 Å². The van der Waals surface area contributed by atoms with Crippen LogP contribution in [0.1, 0.15) is 43.1 Å². The number of hydrogen-bond acceptors (Lipinski definition) is 4. The zero-order chi connectivity index (χ0) is 14.8. The first-order valence-electron chi connectivity index (χ1n) is 6.71. The molecule has 4 N–H and O–H groups in total. The number of rotatable bonds is 4. The van der Waals surface area contributed by atoms with E-state index in [2.05, 4.69) is 17.2 Å². The predicted octanol–water partition coefficient (Wildman–Crippen LogP) is 1.63. The van der Waals surface area contributed by atoms with Gasteiger partial charge in [-0.3, -0.25) is 4.79 Å². The second kappa shape index (κ2) is 5.48. The summed E-state index contributed by atoms with van der Waals surface area (Å²) in [5, 5.41) is 12.5. The van der Waals surface area contributed by atoms with E-state index in [1.54, 1.807) is 12.1 Å². The number of carbonyl (C=O) groups is 2. The molecule has 0 saturated heterocycles. The third-order valence-electron chi connectivity index (χ3n) is 3.91. The minimum Gasteiger partial charge on any atom is -0.480 e. The summed E-state index contributed by atoms with van der Waals surface area (Å²) in [5.41, 5.74) is 4.30. The lowest BCUT2D eigenvalue weighted by Crippen LogP contribution is -2.49. The van der Waals surface area contributed by atoms with Crippen molar-refractivity contribution < 1.29 is 14.7 Å². The van der Waals surface area contributed by atoms with Crippen LogP contribution in [0.3, 0.4) is 0 Å². The Hall–Kier alpha value is -2.11. The molecular weight excluding hydrogens is 258 g/mol. The number of amides is 1. The third-order valence-corrected chi connectivity index (χ3v) is 3.91. The number of nitrogens with one attached hydrogen (secondary N) is 1. The van der Waals surface area contributed by atoms with Crippen LogP contribution in [0.15, 0.2) is 18.2 Å². The van der Waals surface area contributed by atoms with Crippen LogP contribution in [0.5, 0.6) is 0 Å². The molecule has 1 fully saturated rings. The number of carboxylic acids is 1. The van der Waals surface area contributed by atoms with Gasteiger partial charge in [0.2, 0.25) is 0 Å². The molecule has 1 aromatic heterocycles. The van der Waals surface area contributed by atoms with E-state index in [-0.39, 0.29) is 5.69 Å². The smallest absolute Gasteiger partial charge is 0.329 e. The van der Waals surface area contributed by atoms with E-state index in [1.807, 2.05) is 0 Å². The van der Waals surface area contributed by atoms with Gasteiger partial charge in [0, 0.05) is 0 Å². The van der Waals surface area contributed by atoms with Crippen LogP contribution in [0, 0.1) is 5.92 Å². The number of nitrogens with two attached hydrogens (primary N) is 1. The number of primary amides is 1. The Labute approximate surface area is 117 Å². The Bertz CT molecular complexity index is 522. The third kappa shape index (κ3) is 2.89. The molecule has 2 rings (SSSR count). The van der Waals surface area contributed by atoms with Gasteiger partial charge < -0.3 is 16.2 Å². The van der Waals surface area contributed by atoms with E-state index in [4.69, 9.17) is 5.73 Å². The van der Waals surface area contributed by atoms with Crippen molar-refractivity contribution in [2.45, 2.75) is 38.1 Å². The molecule has 1 amide bonds. The first kappa shape index (κ1) is 14.3. The monoisotopic (exact) mass is 277 g/mol. The van der Waals surface area contributed by atoms with Crippen molar-refractivity contribution in [1.29, 1.82) is 0 Å². The normalized spacial score (nSPS) is 25.9. The van der Waals surface area contributed by atoms with Gasteiger partial charge >= 0.3 is 5.97 Å². The van der Waals surface area contributed by atoms with Crippen molar-refractivity contribution in [3.63, 3.8) is 0 Å². The average molecular weight is 277 g/mol. The van der Waals surface area contributed by atoms with E-state index >= 15 is 0 Å². The summed E-state index contributed by atoms with van der Waals surface area (Å²) in [7, 11) is 0. The Morgan fingerprint density at radius 1 is 1.40 bits per heavy atom. The van der Waals surface area contributed by atoms with Crippen LogP contribution < -0.4 is 11.1 Å². The maximum absolute atomic E-state index is 11.6. The highest BCUT2D eigenvalue weighted by Crippen LogP contribution is 2.34. The second-order valence-electron chi connectivity index (χ2n) is 5.47. The van der Waals surface area contributed by atoms with E-state index < -0.39 is 17.4 Å². The fraction of sp³-hybridized carbons (Fsp3) is 0.500. The lowest BCUT2D eigenvalue weighted by Gasteiger charge is -2.36. The number of aromatic nitrogens is 1. The summed E-state index contributed by atoms with van der Waals surface area (Å²) in [6.07, 6.45) is 2.81. The highest BCUT2D eigenvalue weighted by molar-refractivity contribution is 5.91. The number of anilines is 1. The summed E-state index contributed by atoms with van der Waals surface area (Å²) < 4.78 is 0. The zero-order valence-electron chi connectivity index (χ0n) is 11.4. The highest BCUT2D eigenvalue weighted by Gasteiger charge is 2.41. The molecule has 108 valence electrons. The molecule has 6 nitrogen and oxygen atoms in total. The molecule has 1 aromatic rings. The molecule has 0 aliphatic heterocycles. The Morgan fingerprint density at radius 3 is 2.60 bits per heavy atom. The van der Waals surface area contributed by atoms with Gasteiger partial charge in [0.25, 0.3) is 5.91 Å². The van der Waals surface area contributed by atoms with E-state index in [0.717, 1.165) is 12.8 Å². The minimum atomic E-state index is -1.00. The van der Waals surface area contributed by atoms with Gasteiger partial charge in [-0.2, -0.15) is 0 Å². The molecule has 1 saturated carbocycles. The van der Waals surface area contributed by atoms with E-state index in [9.17, 15) is 14.7 Å². The molecule has 0 bridgehead atoms. The number of carbonyl (C=O) groups excluding carboxylic acids is 1. The van der Waals surface area contributed by atoms with Gasteiger partial charge in [-0.1, -0.05) is 13.0 Å². The van der Waals surface area contributed by atoms with Gasteiger partial charge in [-0.05, 0) is 43.7 Å². The van der Waals surface area contributed by atoms with Crippen LogP contribution in [0.4, 0.5) is 5.82 Å². The molecule has 20 heavy (non-hydrogen) atoms. The van der Waals surface area contributed by atoms with E-state index in [0.29, 0.717) is 24.6 Å². The number of pyridine rings is 1. The summed E-state index contributed by atoms with van der Waals surface area (Å²) >= 11 is 0. The summed E-state index contributed by atoms with van der Waals surface area (Å²) in [4.78, 5) is 26.8. The molecule has 0 unspecified atom stereocenters. The molecule has 0 radical (unpaired) electrons. The number of nitrogens with zero attached hydrogens (tertiary/aromatic N) is 1. The van der Waals surface area contributed by atoms with Crippen LogP contribution in [0.2, 0.25) is 0 Å². The molecule has 6 heteroatoms. The molecule has 1 aliphatic rings. The van der Waals surface area contributed by atoms with Gasteiger partial charge in [-0.25, -0.2) is 9.78 Å². The van der Waals surface area contributed by atoms with Crippen molar-refractivity contribution >= 4 is 17.7 Å². The van der Waals surface area contributed by atoms with Crippen LogP contribution in [-0.2, 0) is 4.79 Å². The number of hydrogen-bond donors (Lipinski definition) is 3. The zero-order valence-corrected chi connectivity index (χ0v) is 11.4. The van der Waals surface area contributed by atoms with Crippen LogP contribution in [-0.4, -0.2) is 27.5 Å². The minimum absolute atomic E-state index is 0.125. The quantitative estimate of drug-likeness (QED) is 0.775. The first-order chi connectivity index (χ1) is 9.43. The fourth-order valence-electron chi connectivity index (χ4n) is 2.53. The molecule has 0 aromatic carbocycles. The molecule has 0 spiro atoms. The van der Waals surface area contributed by atoms with Crippen LogP contribution >= 0.6 is 0 Å². The standard InChI is InChI=1S/C14H19N3O3/c1-9-5-7-14(8-6-9,13(19)20)17-11-4-2-3-10(16-11)12(15)18/h2-4,9H,5-8H2,1H3,(H2,15,18)(H,16,17)(H,19,20). The topological polar surface area (TPSA) is 105 Å². The van der Waals surface area contributed by atoms with Crippen molar-refractivity contribution in [2.24, 2.45) is 11.7 Å². The molecule has 1 aliphatic carbocycles. The van der Waals surface area contributed by atoms with Gasteiger partial charge in [0.15, 0.2) is 0 Å². The van der Waals surface area contributed by atoms with Crippen molar-refractivity contribution in [2.75, 3.05) is 5.32 Å². The maximum atomic E-state index is 11.6. The van der Waals surface area contributed by atoms with Crippen molar-refractivity contribution in [1.82, 2.24) is 4.98 Å². The first-order valence-corrected chi connectivity index (χ1v) is 6.71. The number of carboxylic acid groups (broad SMARTS) is 1. The average Bonchev–Trinajstić information content (AvgIpc) is 2.41. The Balaban J connectivity index is 2.23. The summed E-state index contributed by atoms with van der Waals surface area (Å²) in [6.45, 7) is 2.12. The maximum Gasteiger partial charge on any atom is 0.329 e. The predicted molar refractivity (Wildman–Crippen MR) is 74.4 cm³/mol. The fourth-order valence-corrected chi connectivity index (χ4v) is 2.53. The molecular formula is C14H19N3O3. The molecule has 1 heterocycles. The lowest BCUT2D eigenvalue weighted by atomic mass is 9.77. The van der Waals surface area contributed by atoms with Crippen molar-refractivity contribution in [3.8, 4) is 0 Å². The second-order valence-corrected chi connectivity index (χ2v) is 5.47. The summed E-state index contributed by atoms with van der Waals surface area (Å²) in [6, 6.07) is 4.79. The highest BCUT2D eigenvalue weighted by atomic mass is 16.4. The van der Waals surface area contributed by atoms with Crippen molar-refractivity contribution in [3.05, 3.63) is 23.9 Å².